The standard InChI is InChI=1S/C18H22N2O2S/c1-2-12-22-15-8-6-14(7-9-15)13-16-17(21)19-18(23-16)20-10-4-3-5-11-20/h6-9,13H,2-5,10-12H2,1H3/b16-13-. The number of amides is 1. The molecule has 0 spiro atoms. The lowest BCUT2D eigenvalue weighted by Crippen LogP contribution is -2.33. The van der Waals surface area contributed by atoms with Gasteiger partial charge in [-0.05, 0) is 61.2 Å². The minimum atomic E-state index is -0.123. The van der Waals surface area contributed by atoms with Gasteiger partial charge >= 0.3 is 0 Å². The summed E-state index contributed by atoms with van der Waals surface area (Å²) >= 11 is 1.49. The maximum Gasteiger partial charge on any atom is 0.286 e. The lowest BCUT2D eigenvalue weighted by Gasteiger charge is -2.27. The quantitative estimate of drug-likeness (QED) is 0.785. The fourth-order valence-electron chi connectivity index (χ4n) is 2.65. The molecule has 1 saturated heterocycles. The number of piperidine rings is 1. The molecule has 5 heteroatoms. The molecular formula is C18H22N2O2S. The molecule has 1 aromatic carbocycles. The predicted molar refractivity (Wildman–Crippen MR) is 95.7 cm³/mol. The molecule has 0 unspecified atom stereocenters. The molecule has 1 amide bonds. The van der Waals surface area contributed by atoms with Crippen molar-refractivity contribution in [2.75, 3.05) is 19.7 Å². The van der Waals surface area contributed by atoms with Crippen molar-refractivity contribution >= 4 is 28.9 Å². The zero-order valence-corrected chi connectivity index (χ0v) is 14.3. The number of hydrogen-bond acceptors (Lipinski definition) is 4. The van der Waals surface area contributed by atoms with Crippen molar-refractivity contribution in [2.45, 2.75) is 32.6 Å². The van der Waals surface area contributed by atoms with Crippen molar-refractivity contribution in [1.29, 1.82) is 0 Å². The molecule has 23 heavy (non-hydrogen) atoms. The Hall–Kier alpha value is -1.75. The molecule has 0 saturated carbocycles. The summed E-state index contributed by atoms with van der Waals surface area (Å²) in [7, 11) is 0. The summed E-state index contributed by atoms with van der Waals surface area (Å²) in [6.45, 7) is 4.83. The van der Waals surface area contributed by atoms with Gasteiger partial charge in [0.25, 0.3) is 5.91 Å². The lowest BCUT2D eigenvalue weighted by molar-refractivity contribution is -0.113. The lowest BCUT2D eigenvalue weighted by atomic mass is 10.1. The number of hydrogen-bond donors (Lipinski definition) is 0. The van der Waals surface area contributed by atoms with Crippen LogP contribution in [-0.4, -0.2) is 35.7 Å². The summed E-state index contributed by atoms with van der Waals surface area (Å²) in [6, 6.07) is 7.84. The summed E-state index contributed by atoms with van der Waals surface area (Å²) in [6.07, 6.45) is 6.56. The average molecular weight is 330 g/mol. The molecule has 4 nitrogen and oxygen atoms in total. The topological polar surface area (TPSA) is 41.9 Å². The van der Waals surface area contributed by atoms with Crippen LogP contribution in [0.15, 0.2) is 34.2 Å². The van der Waals surface area contributed by atoms with Crippen molar-refractivity contribution in [3.63, 3.8) is 0 Å². The highest BCUT2D eigenvalue weighted by Crippen LogP contribution is 2.31. The first-order valence-corrected chi connectivity index (χ1v) is 9.08. The Bertz CT molecular complexity index is 616. The Morgan fingerprint density at radius 1 is 1.22 bits per heavy atom. The number of aliphatic imine (C=N–C) groups is 1. The van der Waals surface area contributed by atoms with Crippen LogP contribution in [0.1, 0.15) is 38.2 Å². The van der Waals surface area contributed by atoms with Crippen LogP contribution in [0, 0.1) is 0 Å². The van der Waals surface area contributed by atoms with E-state index in [0.29, 0.717) is 4.91 Å². The molecule has 2 heterocycles. The summed E-state index contributed by atoms with van der Waals surface area (Å²) in [5.74, 6) is 0.742. The monoisotopic (exact) mass is 330 g/mol. The van der Waals surface area contributed by atoms with E-state index in [4.69, 9.17) is 4.74 Å². The van der Waals surface area contributed by atoms with Gasteiger partial charge in [0.2, 0.25) is 0 Å². The van der Waals surface area contributed by atoms with E-state index in [1.165, 1.54) is 31.0 Å². The molecule has 0 aliphatic carbocycles. The van der Waals surface area contributed by atoms with Crippen molar-refractivity contribution in [2.24, 2.45) is 4.99 Å². The van der Waals surface area contributed by atoms with Gasteiger partial charge in [0.1, 0.15) is 5.75 Å². The molecule has 1 aromatic rings. The number of nitrogens with zero attached hydrogens (tertiary/aromatic N) is 2. The van der Waals surface area contributed by atoms with E-state index in [9.17, 15) is 4.79 Å². The maximum absolute atomic E-state index is 12.1. The third-order valence-corrected chi connectivity index (χ3v) is 4.93. The van der Waals surface area contributed by atoms with E-state index in [1.54, 1.807) is 0 Å². The van der Waals surface area contributed by atoms with Crippen LogP contribution in [0.25, 0.3) is 6.08 Å². The van der Waals surface area contributed by atoms with Crippen molar-refractivity contribution < 1.29 is 9.53 Å². The van der Waals surface area contributed by atoms with E-state index in [0.717, 1.165) is 42.6 Å². The molecule has 0 aromatic heterocycles. The molecular weight excluding hydrogens is 308 g/mol. The molecule has 0 radical (unpaired) electrons. The van der Waals surface area contributed by atoms with Gasteiger partial charge < -0.3 is 9.64 Å². The number of rotatable bonds is 4. The Morgan fingerprint density at radius 3 is 2.65 bits per heavy atom. The Balaban J connectivity index is 1.65. The van der Waals surface area contributed by atoms with Crippen LogP contribution in [0.2, 0.25) is 0 Å². The first-order valence-electron chi connectivity index (χ1n) is 8.26. The third kappa shape index (κ3) is 4.16. The van der Waals surface area contributed by atoms with Gasteiger partial charge in [-0.3, -0.25) is 4.79 Å². The highest BCUT2D eigenvalue weighted by Gasteiger charge is 2.26. The van der Waals surface area contributed by atoms with Crippen LogP contribution < -0.4 is 4.74 Å². The molecule has 1 fully saturated rings. The Labute approximate surface area is 141 Å². The van der Waals surface area contributed by atoms with Gasteiger partial charge in [-0.2, -0.15) is 4.99 Å². The van der Waals surface area contributed by atoms with Gasteiger partial charge in [-0.25, -0.2) is 0 Å². The zero-order valence-electron chi connectivity index (χ0n) is 13.5. The molecule has 2 aliphatic rings. The van der Waals surface area contributed by atoms with Crippen LogP contribution >= 0.6 is 11.8 Å². The Kier molecular flexibility index (Phi) is 5.39. The highest BCUT2D eigenvalue weighted by atomic mass is 32.2. The predicted octanol–water partition coefficient (Wildman–Crippen LogP) is 3.93. The van der Waals surface area contributed by atoms with Crippen LogP contribution in [-0.2, 0) is 4.79 Å². The highest BCUT2D eigenvalue weighted by molar-refractivity contribution is 8.18. The normalized spacial score (nSPS) is 20.0. The van der Waals surface area contributed by atoms with Crippen LogP contribution in [0.5, 0.6) is 5.75 Å². The van der Waals surface area contributed by atoms with Crippen molar-refractivity contribution in [3.05, 3.63) is 34.7 Å². The molecule has 2 aliphatic heterocycles. The van der Waals surface area contributed by atoms with Gasteiger partial charge in [0.15, 0.2) is 5.17 Å². The van der Waals surface area contributed by atoms with Gasteiger partial charge in [-0.1, -0.05) is 19.1 Å². The van der Waals surface area contributed by atoms with Crippen molar-refractivity contribution in [1.82, 2.24) is 4.90 Å². The second-order valence-corrected chi connectivity index (χ2v) is 6.78. The van der Waals surface area contributed by atoms with Crippen LogP contribution in [0.3, 0.4) is 0 Å². The van der Waals surface area contributed by atoms with Gasteiger partial charge in [-0.15, -0.1) is 0 Å². The fraction of sp³-hybridized carbons (Fsp3) is 0.444. The minimum absolute atomic E-state index is 0.123. The summed E-state index contributed by atoms with van der Waals surface area (Å²) in [4.78, 5) is 19.3. The van der Waals surface area contributed by atoms with E-state index in [-0.39, 0.29) is 5.91 Å². The number of benzene rings is 1. The maximum atomic E-state index is 12.1. The SMILES string of the molecule is CCCOc1ccc(/C=C2\SC(N3CCCCC3)=NC2=O)cc1. The summed E-state index contributed by atoms with van der Waals surface area (Å²) in [5.41, 5.74) is 1.000. The van der Waals surface area contributed by atoms with E-state index < -0.39 is 0 Å². The molecule has 0 N–H and O–H groups in total. The number of likely N-dealkylation sites (tertiary alicyclic amines) is 1. The zero-order chi connectivity index (χ0) is 16.1. The third-order valence-electron chi connectivity index (χ3n) is 3.89. The number of amidine groups is 1. The number of thioether (sulfide) groups is 1. The summed E-state index contributed by atoms with van der Waals surface area (Å²) < 4.78 is 5.58. The molecule has 0 bridgehead atoms. The smallest absolute Gasteiger partial charge is 0.286 e. The van der Waals surface area contributed by atoms with Gasteiger partial charge in [0, 0.05) is 13.1 Å². The Morgan fingerprint density at radius 2 is 1.96 bits per heavy atom. The first-order chi connectivity index (χ1) is 11.3. The summed E-state index contributed by atoms with van der Waals surface area (Å²) in [5, 5.41) is 0.865. The van der Waals surface area contributed by atoms with E-state index in [1.807, 2.05) is 30.3 Å². The van der Waals surface area contributed by atoms with Crippen molar-refractivity contribution in [3.8, 4) is 5.75 Å². The number of ether oxygens (including phenoxy) is 1. The molecule has 3 rings (SSSR count). The van der Waals surface area contributed by atoms with Gasteiger partial charge in [0.05, 0.1) is 11.5 Å². The molecule has 122 valence electrons. The number of carbonyl (C=O) groups excluding carboxylic acids is 1. The first kappa shape index (κ1) is 16.1. The van der Waals surface area contributed by atoms with Crippen LogP contribution in [0.4, 0.5) is 0 Å². The second kappa shape index (κ2) is 7.68. The van der Waals surface area contributed by atoms with E-state index in [2.05, 4.69) is 16.8 Å². The van der Waals surface area contributed by atoms with E-state index >= 15 is 0 Å². The molecule has 0 atom stereocenters. The minimum Gasteiger partial charge on any atom is -0.494 e. The largest absolute Gasteiger partial charge is 0.494 e. The fourth-order valence-corrected chi connectivity index (χ4v) is 3.61. The second-order valence-electron chi connectivity index (χ2n) is 5.78. The average Bonchev–Trinajstić information content (AvgIpc) is 2.96. The number of carbonyl (C=O) groups is 1.